The van der Waals surface area contributed by atoms with Crippen LogP contribution in [0.25, 0.3) is 0 Å². The maximum atomic E-state index is 12.6. The predicted octanol–water partition coefficient (Wildman–Crippen LogP) is 0.857. The second-order valence-electron chi connectivity index (χ2n) is 6.29. The molecule has 9 heteroatoms. The van der Waals surface area contributed by atoms with Gasteiger partial charge in [-0.25, -0.2) is 4.79 Å². The van der Waals surface area contributed by atoms with Crippen molar-refractivity contribution in [3.05, 3.63) is 17.7 Å². The van der Waals surface area contributed by atoms with E-state index in [4.69, 9.17) is 0 Å². The van der Waals surface area contributed by atoms with E-state index < -0.39 is 6.03 Å². The van der Waals surface area contributed by atoms with Gasteiger partial charge in [0, 0.05) is 13.1 Å². The topological polar surface area (TPSA) is 104 Å². The van der Waals surface area contributed by atoms with Gasteiger partial charge in [0.25, 0.3) is 0 Å². The summed E-state index contributed by atoms with van der Waals surface area (Å²) in [6.45, 7) is 0.415. The molecule has 2 heterocycles. The first kappa shape index (κ1) is 15.3. The Morgan fingerprint density at radius 2 is 1.88 bits per heavy atom. The van der Waals surface area contributed by atoms with E-state index in [2.05, 4.69) is 33.0 Å². The molecule has 2 fully saturated rings. The zero-order valence-electron chi connectivity index (χ0n) is 12.8. The van der Waals surface area contributed by atoms with E-state index in [9.17, 15) is 14.4 Å². The van der Waals surface area contributed by atoms with E-state index in [0.717, 1.165) is 12.8 Å². The van der Waals surface area contributed by atoms with Crippen LogP contribution in [0.15, 0.2) is 17.7 Å². The van der Waals surface area contributed by atoms with Crippen LogP contribution in [-0.2, 0) is 9.59 Å². The Balaban J connectivity index is 1.33. The van der Waals surface area contributed by atoms with Crippen LogP contribution in [0.2, 0.25) is 0 Å². The number of urea groups is 1. The van der Waals surface area contributed by atoms with E-state index in [1.165, 1.54) is 21.7 Å². The number of aromatic nitrogens is 2. The minimum absolute atomic E-state index is 0.0876. The van der Waals surface area contributed by atoms with Crippen molar-refractivity contribution in [2.45, 2.75) is 12.8 Å². The highest BCUT2D eigenvalue weighted by Gasteiger charge is 2.56. The molecule has 0 aromatic carbocycles. The first-order valence-corrected chi connectivity index (χ1v) is 8.87. The van der Waals surface area contributed by atoms with Gasteiger partial charge in [-0.05, 0) is 24.7 Å². The Hall–Kier alpha value is -2.29. The van der Waals surface area contributed by atoms with Gasteiger partial charge in [0.05, 0.1) is 11.8 Å². The highest BCUT2D eigenvalue weighted by molar-refractivity contribution is 7.13. The molecule has 1 aromatic rings. The van der Waals surface area contributed by atoms with Gasteiger partial charge in [-0.3, -0.25) is 19.8 Å². The molecular formula is C15H17N5O3S. The van der Waals surface area contributed by atoms with Crippen molar-refractivity contribution in [2.24, 2.45) is 23.7 Å². The molecule has 1 saturated carbocycles. The number of hydrogen-bond donors (Lipinski definition) is 2. The van der Waals surface area contributed by atoms with E-state index in [1.807, 2.05) is 0 Å². The molecule has 1 saturated heterocycles. The molecule has 4 atom stereocenters. The second kappa shape index (κ2) is 5.97. The predicted molar refractivity (Wildman–Crippen MR) is 86.0 cm³/mol. The number of rotatable bonds is 4. The van der Waals surface area contributed by atoms with Crippen LogP contribution in [0.3, 0.4) is 0 Å². The fourth-order valence-electron chi connectivity index (χ4n) is 4.01. The summed E-state index contributed by atoms with van der Waals surface area (Å²) in [7, 11) is 0. The number of fused-ring (bicyclic) bond motifs is 1. The van der Waals surface area contributed by atoms with Gasteiger partial charge in [-0.15, -0.1) is 10.2 Å². The monoisotopic (exact) mass is 347 g/mol. The van der Waals surface area contributed by atoms with Crippen molar-refractivity contribution in [1.82, 2.24) is 20.4 Å². The Kier molecular flexibility index (Phi) is 3.79. The number of nitrogens with zero attached hydrogens (tertiary/aromatic N) is 3. The first-order chi connectivity index (χ1) is 11.6. The standard InChI is InChI=1S/C15H17N5O3S/c21-12-10-8-1-2-9(4-3-8)11(10)13(22)20(12)6-5-16-14(23)18-15-19-17-7-24-15/h1-2,7-11H,3-6H2,(H2,16,18,19,23). The molecule has 2 bridgehead atoms. The van der Waals surface area contributed by atoms with Crippen LogP contribution in [0.4, 0.5) is 9.93 Å². The maximum absolute atomic E-state index is 12.6. The summed E-state index contributed by atoms with van der Waals surface area (Å²) < 4.78 is 0. The molecule has 0 radical (unpaired) electrons. The molecule has 5 rings (SSSR count). The number of allylic oxidation sites excluding steroid dienone is 2. The minimum atomic E-state index is -0.426. The van der Waals surface area contributed by atoms with Crippen LogP contribution >= 0.6 is 11.3 Å². The molecule has 1 aromatic heterocycles. The summed E-state index contributed by atoms with van der Waals surface area (Å²) in [5, 5.41) is 12.9. The lowest BCUT2D eigenvalue weighted by atomic mass is 9.63. The van der Waals surface area contributed by atoms with Gasteiger partial charge >= 0.3 is 6.03 Å². The average molecular weight is 347 g/mol. The van der Waals surface area contributed by atoms with Gasteiger partial charge < -0.3 is 5.32 Å². The van der Waals surface area contributed by atoms with Gasteiger partial charge in [-0.1, -0.05) is 23.5 Å². The Morgan fingerprint density at radius 3 is 2.42 bits per heavy atom. The minimum Gasteiger partial charge on any atom is -0.336 e. The van der Waals surface area contributed by atoms with E-state index in [1.54, 1.807) is 0 Å². The van der Waals surface area contributed by atoms with Crippen molar-refractivity contribution < 1.29 is 14.4 Å². The fraction of sp³-hybridized carbons (Fsp3) is 0.533. The summed E-state index contributed by atoms with van der Waals surface area (Å²) in [6, 6.07) is -0.426. The van der Waals surface area contributed by atoms with Crippen LogP contribution in [0.5, 0.6) is 0 Å². The smallest absolute Gasteiger partial charge is 0.321 e. The molecule has 4 aliphatic rings. The normalized spacial score (nSPS) is 30.6. The summed E-state index contributed by atoms with van der Waals surface area (Å²) in [4.78, 5) is 38.2. The number of imide groups is 1. The number of hydrogen-bond acceptors (Lipinski definition) is 6. The molecule has 4 unspecified atom stereocenters. The van der Waals surface area contributed by atoms with Crippen LogP contribution in [-0.4, -0.2) is 46.0 Å². The lowest BCUT2D eigenvalue weighted by molar-refractivity contribution is -0.140. The molecule has 4 amide bonds. The fourth-order valence-corrected chi connectivity index (χ4v) is 4.45. The SMILES string of the molecule is O=C(NCCN1C(=O)C2C3C=CC(CC3)C2C1=O)Nc1nncs1. The molecule has 2 N–H and O–H groups in total. The lowest BCUT2D eigenvalue weighted by Crippen LogP contribution is -2.40. The molecule has 24 heavy (non-hydrogen) atoms. The Labute approximate surface area is 142 Å². The third-order valence-electron chi connectivity index (χ3n) is 5.05. The Bertz CT molecular complexity index is 672. The number of likely N-dealkylation sites (tertiary alicyclic amines) is 1. The summed E-state index contributed by atoms with van der Waals surface area (Å²) in [6.07, 6.45) is 6.16. The van der Waals surface area contributed by atoms with Crippen molar-refractivity contribution in [2.75, 3.05) is 18.4 Å². The average Bonchev–Trinajstić information content (AvgIpc) is 3.19. The largest absolute Gasteiger partial charge is 0.336 e. The first-order valence-electron chi connectivity index (χ1n) is 7.99. The number of anilines is 1. The molecular weight excluding hydrogens is 330 g/mol. The molecule has 1 aliphatic heterocycles. The second-order valence-corrected chi connectivity index (χ2v) is 7.13. The summed E-state index contributed by atoms with van der Waals surface area (Å²) in [5.41, 5.74) is 1.52. The zero-order chi connectivity index (χ0) is 16.7. The number of nitrogens with one attached hydrogen (secondary N) is 2. The number of carbonyl (C=O) groups excluding carboxylic acids is 3. The van der Waals surface area contributed by atoms with Gasteiger partial charge in [0.15, 0.2) is 0 Å². The zero-order valence-corrected chi connectivity index (χ0v) is 13.7. The third-order valence-corrected chi connectivity index (χ3v) is 5.66. The van der Waals surface area contributed by atoms with Crippen molar-refractivity contribution in [3.63, 3.8) is 0 Å². The molecule has 3 aliphatic carbocycles. The van der Waals surface area contributed by atoms with Crippen LogP contribution < -0.4 is 10.6 Å². The third kappa shape index (κ3) is 2.48. The van der Waals surface area contributed by atoms with Gasteiger partial charge in [0.1, 0.15) is 5.51 Å². The van der Waals surface area contributed by atoms with Crippen molar-refractivity contribution in [3.8, 4) is 0 Å². The quantitative estimate of drug-likeness (QED) is 0.621. The van der Waals surface area contributed by atoms with Gasteiger partial charge in [0.2, 0.25) is 16.9 Å². The summed E-state index contributed by atoms with van der Waals surface area (Å²) >= 11 is 1.21. The number of carbonyl (C=O) groups is 3. The maximum Gasteiger partial charge on any atom is 0.321 e. The summed E-state index contributed by atoms with van der Waals surface area (Å²) in [5.74, 6) is -0.191. The Morgan fingerprint density at radius 1 is 1.21 bits per heavy atom. The molecule has 8 nitrogen and oxygen atoms in total. The van der Waals surface area contributed by atoms with E-state index in [0.29, 0.717) is 5.13 Å². The molecule has 126 valence electrons. The van der Waals surface area contributed by atoms with Gasteiger partial charge in [-0.2, -0.15) is 0 Å². The van der Waals surface area contributed by atoms with Crippen molar-refractivity contribution in [1.29, 1.82) is 0 Å². The highest BCUT2D eigenvalue weighted by atomic mass is 32.1. The van der Waals surface area contributed by atoms with Crippen LogP contribution in [0.1, 0.15) is 12.8 Å². The van der Waals surface area contributed by atoms with Crippen LogP contribution in [0, 0.1) is 23.7 Å². The molecule has 0 spiro atoms. The van der Waals surface area contributed by atoms with E-state index >= 15 is 0 Å². The number of amides is 4. The van der Waals surface area contributed by atoms with E-state index in [-0.39, 0.29) is 48.6 Å². The highest BCUT2D eigenvalue weighted by Crippen LogP contribution is 2.49. The lowest BCUT2D eigenvalue weighted by Gasteiger charge is -2.38. The van der Waals surface area contributed by atoms with Crippen molar-refractivity contribution >= 4 is 34.3 Å².